The minimum Gasteiger partial charge on any atom is -0.479 e. The summed E-state index contributed by atoms with van der Waals surface area (Å²) in [5, 5.41) is 14.3. The van der Waals surface area contributed by atoms with E-state index in [1.54, 1.807) is 35.2 Å². The normalized spacial score (nSPS) is 18.1. The molecule has 1 saturated heterocycles. The Morgan fingerprint density at radius 2 is 2.11 bits per heavy atom. The van der Waals surface area contributed by atoms with E-state index in [2.05, 4.69) is 5.32 Å². The number of ether oxygens (including phenoxy) is 1. The van der Waals surface area contributed by atoms with E-state index < -0.39 is 4.92 Å². The Bertz CT molecular complexity index is 963. The zero-order valence-corrected chi connectivity index (χ0v) is 14.9. The smallest absolute Gasteiger partial charge is 0.310 e. The number of furan rings is 1. The number of carbonyl (C=O) groups is 1. The molecule has 0 radical (unpaired) electrons. The van der Waals surface area contributed by atoms with Crippen LogP contribution in [0.15, 0.2) is 46.5 Å². The second-order valence-corrected chi connectivity index (χ2v) is 6.60. The highest BCUT2D eigenvalue weighted by Gasteiger charge is 2.41. The SMILES string of the molecule is O=C1/C(=C\c2ccc(COc3ccccc3[N+](=O)[O-])o2)NC(=S)N1C1CC1. The second kappa shape index (κ2) is 6.84. The molecule has 0 unspecified atom stereocenters. The van der Waals surface area contributed by atoms with Gasteiger partial charge in [-0.2, -0.15) is 0 Å². The summed E-state index contributed by atoms with van der Waals surface area (Å²) in [7, 11) is 0. The molecule has 2 aliphatic rings. The van der Waals surface area contributed by atoms with Crippen LogP contribution in [0.2, 0.25) is 0 Å². The Morgan fingerprint density at radius 1 is 1.33 bits per heavy atom. The summed E-state index contributed by atoms with van der Waals surface area (Å²) in [6, 6.07) is 9.72. The van der Waals surface area contributed by atoms with E-state index in [-0.39, 0.29) is 30.0 Å². The predicted octanol–water partition coefficient (Wildman–Crippen LogP) is 2.99. The molecule has 9 heteroatoms. The van der Waals surface area contributed by atoms with Gasteiger partial charge < -0.3 is 14.5 Å². The number of hydrogen-bond acceptors (Lipinski definition) is 6. The highest BCUT2D eigenvalue weighted by Crippen LogP contribution is 2.31. The van der Waals surface area contributed by atoms with Gasteiger partial charge in [-0.05, 0) is 43.3 Å². The van der Waals surface area contributed by atoms with E-state index in [0.717, 1.165) is 12.8 Å². The molecular weight excluding hydrogens is 370 g/mol. The van der Waals surface area contributed by atoms with Crippen molar-refractivity contribution in [1.29, 1.82) is 0 Å². The van der Waals surface area contributed by atoms with Crippen LogP contribution in [0, 0.1) is 10.1 Å². The Morgan fingerprint density at radius 3 is 2.85 bits per heavy atom. The van der Waals surface area contributed by atoms with E-state index in [0.29, 0.717) is 22.3 Å². The molecule has 8 nitrogen and oxygen atoms in total. The van der Waals surface area contributed by atoms with Crippen LogP contribution in [0.1, 0.15) is 24.4 Å². The third-order valence-electron chi connectivity index (χ3n) is 4.22. The largest absolute Gasteiger partial charge is 0.479 e. The molecular formula is C18H15N3O5S. The van der Waals surface area contributed by atoms with Gasteiger partial charge in [0.25, 0.3) is 5.91 Å². The lowest BCUT2D eigenvalue weighted by molar-refractivity contribution is -0.386. The van der Waals surface area contributed by atoms with E-state index in [1.807, 2.05) is 0 Å². The summed E-state index contributed by atoms with van der Waals surface area (Å²) >= 11 is 5.21. The van der Waals surface area contributed by atoms with Crippen molar-refractivity contribution in [2.24, 2.45) is 0 Å². The fourth-order valence-electron chi connectivity index (χ4n) is 2.78. The van der Waals surface area contributed by atoms with Crippen LogP contribution < -0.4 is 10.1 Å². The molecule has 1 aromatic carbocycles. The molecule has 1 aromatic heterocycles. The van der Waals surface area contributed by atoms with Gasteiger partial charge in [0, 0.05) is 18.2 Å². The number of rotatable bonds is 6. The first kappa shape index (κ1) is 17.2. The van der Waals surface area contributed by atoms with E-state index >= 15 is 0 Å². The fourth-order valence-corrected chi connectivity index (χ4v) is 3.13. The first-order valence-electron chi connectivity index (χ1n) is 8.34. The van der Waals surface area contributed by atoms with Gasteiger partial charge >= 0.3 is 5.69 Å². The third kappa shape index (κ3) is 3.54. The minimum atomic E-state index is -0.501. The lowest BCUT2D eigenvalue weighted by Crippen LogP contribution is -2.32. The molecule has 4 rings (SSSR count). The van der Waals surface area contributed by atoms with Crippen LogP contribution in [0.5, 0.6) is 5.75 Å². The minimum absolute atomic E-state index is 0.0298. The second-order valence-electron chi connectivity index (χ2n) is 6.21. The van der Waals surface area contributed by atoms with Gasteiger partial charge in [0.1, 0.15) is 23.8 Å². The van der Waals surface area contributed by atoms with Crippen LogP contribution in [0.25, 0.3) is 6.08 Å². The maximum Gasteiger partial charge on any atom is 0.310 e. The number of hydrogen-bond donors (Lipinski definition) is 1. The van der Waals surface area contributed by atoms with Crippen LogP contribution in [-0.2, 0) is 11.4 Å². The summed E-state index contributed by atoms with van der Waals surface area (Å²) in [5.41, 5.74) is 0.258. The first-order chi connectivity index (χ1) is 13.0. The molecule has 138 valence electrons. The van der Waals surface area contributed by atoms with E-state index in [1.165, 1.54) is 12.1 Å². The van der Waals surface area contributed by atoms with Crippen molar-refractivity contribution in [2.45, 2.75) is 25.5 Å². The first-order valence-corrected chi connectivity index (χ1v) is 8.75. The molecule has 0 bridgehead atoms. The maximum absolute atomic E-state index is 12.4. The zero-order chi connectivity index (χ0) is 19.0. The number of nitro benzene ring substituents is 1. The quantitative estimate of drug-likeness (QED) is 0.353. The summed E-state index contributed by atoms with van der Waals surface area (Å²) in [6.07, 6.45) is 3.52. The number of benzene rings is 1. The Kier molecular flexibility index (Phi) is 4.36. The van der Waals surface area contributed by atoms with Gasteiger partial charge in [0.2, 0.25) is 0 Å². The van der Waals surface area contributed by atoms with Gasteiger partial charge in [0.05, 0.1) is 4.92 Å². The summed E-state index contributed by atoms with van der Waals surface area (Å²) in [5.74, 6) is 0.952. The van der Waals surface area contributed by atoms with Crippen LogP contribution >= 0.6 is 12.2 Å². The van der Waals surface area contributed by atoms with Gasteiger partial charge in [-0.25, -0.2) is 0 Å². The molecule has 0 spiro atoms. The van der Waals surface area contributed by atoms with Crippen LogP contribution in [0.3, 0.4) is 0 Å². The lowest BCUT2D eigenvalue weighted by atomic mass is 10.3. The number of nitrogens with zero attached hydrogens (tertiary/aromatic N) is 2. The van der Waals surface area contributed by atoms with Crippen molar-refractivity contribution >= 4 is 35.0 Å². The molecule has 0 atom stereocenters. The predicted molar refractivity (Wildman–Crippen MR) is 99.7 cm³/mol. The van der Waals surface area contributed by atoms with Crippen LogP contribution in [0.4, 0.5) is 5.69 Å². The van der Waals surface area contributed by atoms with E-state index in [4.69, 9.17) is 21.4 Å². The highest BCUT2D eigenvalue weighted by atomic mass is 32.1. The zero-order valence-electron chi connectivity index (χ0n) is 14.1. The average Bonchev–Trinajstić information content (AvgIpc) is 3.31. The van der Waals surface area contributed by atoms with Crippen molar-refractivity contribution < 1.29 is 18.9 Å². The molecule has 27 heavy (non-hydrogen) atoms. The molecule has 1 N–H and O–H groups in total. The van der Waals surface area contributed by atoms with Gasteiger partial charge in [0.15, 0.2) is 10.9 Å². The third-order valence-corrected chi connectivity index (χ3v) is 4.52. The Hall–Kier alpha value is -3.20. The monoisotopic (exact) mass is 385 g/mol. The topological polar surface area (TPSA) is 97.8 Å². The van der Waals surface area contributed by atoms with Crippen molar-refractivity contribution in [3.8, 4) is 5.75 Å². The van der Waals surface area contributed by atoms with Gasteiger partial charge in [-0.15, -0.1) is 0 Å². The van der Waals surface area contributed by atoms with E-state index in [9.17, 15) is 14.9 Å². The standard InChI is InChI=1S/C18H15N3O5S/c22-17-14(19-18(27)20(17)11-5-6-11)9-12-7-8-13(26-12)10-25-16-4-2-1-3-15(16)21(23)24/h1-4,7-9,11H,5-6,10H2,(H,19,27)/b14-9+. The molecule has 1 saturated carbocycles. The summed E-state index contributed by atoms with van der Waals surface area (Å²) < 4.78 is 11.1. The van der Waals surface area contributed by atoms with Crippen molar-refractivity contribution in [1.82, 2.24) is 10.2 Å². The summed E-state index contributed by atoms with van der Waals surface area (Å²) in [6.45, 7) is 0.0298. The van der Waals surface area contributed by atoms with Crippen molar-refractivity contribution in [3.63, 3.8) is 0 Å². The fraction of sp³-hybridized carbons (Fsp3) is 0.222. The van der Waals surface area contributed by atoms with Crippen molar-refractivity contribution in [2.75, 3.05) is 0 Å². The molecule has 2 fully saturated rings. The molecule has 2 heterocycles. The van der Waals surface area contributed by atoms with Crippen LogP contribution in [-0.4, -0.2) is 26.9 Å². The number of amides is 1. The Balaban J connectivity index is 1.44. The Labute approximate surface area is 159 Å². The van der Waals surface area contributed by atoms with Crippen molar-refractivity contribution in [3.05, 3.63) is 63.7 Å². The molecule has 2 aromatic rings. The number of nitro groups is 1. The number of thiocarbonyl (C=S) groups is 1. The molecule has 1 aliphatic carbocycles. The average molecular weight is 385 g/mol. The number of para-hydroxylation sites is 2. The molecule has 1 aliphatic heterocycles. The van der Waals surface area contributed by atoms with Gasteiger partial charge in [-0.1, -0.05) is 12.1 Å². The van der Waals surface area contributed by atoms with Gasteiger partial charge in [-0.3, -0.25) is 19.8 Å². The lowest BCUT2D eigenvalue weighted by Gasteiger charge is -2.11. The maximum atomic E-state index is 12.4. The number of nitrogens with one attached hydrogen (secondary N) is 1. The summed E-state index contributed by atoms with van der Waals surface area (Å²) in [4.78, 5) is 24.5. The highest BCUT2D eigenvalue weighted by molar-refractivity contribution is 7.80. The number of carbonyl (C=O) groups excluding carboxylic acids is 1. The molecule has 1 amide bonds.